The minimum atomic E-state index is -1.01. The Morgan fingerprint density at radius 1 is 1.82 bits per heavy atom. The predicted molar refractivity (Wildman–Crippen MR) is 43.1 cm³/mol. The van der Waals surface area contributed by atoms with Crippen molar-refractivity contribution in [3.05, 3.63) is 18.4 Å². The highest BCUT2D eigenvalue weighted by molar-refractivity contribution is 5.74. The number of rotatable bonds is 3. The molecular formula is C8H13NO2. The largest absolute Gasteiger partial charge is 0.480 e. The van der Waals surface area contributed by atoms with E-state index in [1.807, 2.05) is 0 Å². The van der Waals surface area contributed by atoms with Crippen molar-refractivity contribution in [3.8, 4) is 0 Å². The fourth-order valence-corrected chi connectivity index (χ4v) is 0.671. The van der Waals surface area contributed by atoms with Gasteiger partial charge in [-0.05, 0) is 6.08 Å². The van der Waals surface area contributed by atoms with Crippen LogP contribution in [-0.2, 0) is 4.79 Å². The lowest BCUT2D eigenvalue weighted by Gasteiger charge is -2.23. The van der Waals surface area contributed by atoms with Gasteiger partial charge in [0.25, 0.3) is 0 Å². The van der Waals surface area contributed by atoms with Crippen LogP contribution in [0.3, 0.4) is 0 Å². The lowest BCUT2D eigenvalue weighted by atomic mass is 9.85. The molecule has 1 atom stereocenters. The zero-order valence-electron chi connectivity index (χ0n) is 6.79. The van der Waals surface area contributed by atoms with E-state index in [1.54, 1.807) is 19.9 Å². The van der Waals surface area contributed by atoms with Crippen LogP contribution in [0.5, 0.6) is 0 Å². The van der Waals surface area contributed by atoms with Gasteiger partial charge < -0.3 is 10.8 Å². The van der Waals surface area contributed by atoms with Gasteiger partial charge in [0, 0.05) is 5.41 Å². The van der Waals surface area contributed by atoms with Crippen LogP contribution >= 0.6 is 0 Å². The van der Waals surface area contributed by atoms with Crippen molar-refractivity contribution in [2.45, 2.75) is 19.9 Å². The van der Waals surface area contributed by atoms with Crippen LogP contribution in [0.25, 0.3) is 0 Å². The molecule has 11 heavy (non-hydrogen) atoms. The number of carboxylic acids is 1. The van der Waals surface area contributed by atoms with Crippen LogP contribution in [0, 0.1) is 5.41 Å². The van der Waals surface area contributed by atoms with Crippen molar-refractivity contribution >= 4 is 5.97 Å². The molecule has 0 heterocycles. The van der Waals surface area contributed by atoms with E-state index in [0.29, 0.717) is 0 Å². The minimum Gasteiger partial charge on any atom is -0.480 e. The number of carboxylic acid groups (broad SMARTS) is 1. The molecule has 3 heteroatoms. The molecule has 0 radical (unpaired) electrons. The number of hydrogen-bond donors (Lipinski definition) is 2. The Hall–Kier alpha value is -1.05. The summed E-state index contributed by atoms with van der Waals surface area (Å²) in [4.78, 5) is 10.4. The average Bonchev–Trinajstić information content (AvgIpc) is 1.86. The second-order valence-electron chi connectivity index (χ2n) is 2.99. The van der Waals surface area contributed by atoms with Gasteiger partial charge in [0.2, 0.25) is 0 Å². The molecule has 0 spiro atoms. The third kappa shape index (κ3) is 2.58. The van der Waals surface area contributed by atoms with E-state index < -0.39 is 17.4 Å². The molecule has 3 N–H and O–H groups in total. The van der Waals surface area contributed by atoms with Crippen LogP contribution in [0.2, 0.25) is 0 Å². The molecule has 0 saturated heterocycles. The summed E-state index contributed by atoms with van der Waals surface area (Å²) < 4.78 is 0. The average molecular weight is 155 g/mol. The Bertz CT molecular complexity index is 202. The number of nitrogens with two attached hydrogens (primary N) is 1. The molecule has 0 amide bonds. The van der Waals surface area contributed by atoms with Crippen LogP contribution < -0.4 is 5.73 Å². The van der Waals surface area contributed by atoms with Gasteiger partial charge in [0.05, 0.1) is 0 Å². The van der Waals surface area contributed by atoms with E-state index >= 15 is 0 Å². The van der Waals surface area contributed by atoms with E-state index in [4.69, 9.17) is 10.8 Å². The van der Waals surface area contributed by atoms with Crippen LogP contribution in [-0.4, -0.2) is 17.1 Å². The summed E-state index contributed by atoms with van der Waals surface area (Å²) in [6, 6.07) is -0.906. The Labute approximate surface area is 66.2 Å². The molecule has 0 rings (SSSR count). The van der Waals surface area contributed by atoms with Crippen molar-refractivity contribution in [2.24, 2.45) is 11.1 Å². The summed E-state index contributed by atoms with van der Waals surface area (Å²) in [6.07, 6.45) is 1.56. The second kappa shape index (κ2) is 3.37. The molecule has 0 bridgehead atoms. The lowest BCUT2D eigenvalue weighted by molar-refractivity contribution is -0.140. The number of carbonyl (C=O) groups is 1. The van der Waals surface area contributed by atoms with E-state index in [1.165, 1.54) is 0 Å². The normalized spacial score (nSPS) is 13.4. The highest BCUT2D eigenvalue weighted by atomic mass is 16.4. The summed E-state index contributed by atoms with van der Waals surface area (Å²) in [5.74, 6) is -1.01. The molecule has 3 nitrogen and oxygen atoms in total. The standard InChI is InChI=1S/C8H13NO2/c1-4-5-8(2,3)6(9)7(10)11/h5-6H,1,9H2,2-3H3,(H,10,11). The first-order valence-electron chi connectivity index (χ1n) is 3.27. The molecule has 0 aromatic carbocycles. The smallest absolute Gasteiger partial charge is 0.321 e. The summed E-state index contributed by atoms with van der Waals surface area (Å²) in [7, 11) is 0. The number of aliphatic carboxylic acids is 1. The summed E-state index contributed by atoms with van der Waals surface area (Å²) >= 11 is 0. The topological polar surface area (TPSA) is 63.3 Å². The molecule has 0 aliphatic rings. The molecular weight excluding hydrogens is 142 g/mol. The zero-order chi connectivity index (χ0) is 9.07. The monoisotopic (exact) mass is 155 g/mol. The van der Waals surface area contributed by atoms with Crippen molar-refractivity contribution in [1.29, 1.82) is 0 Å². The maximum Gasteiger partial charge on any atom is 0.321 e. The van der Waals surface area contributed by atoms with Crippen molar-refractivity contribution in [1.82, 2.24) is 0 Å². The van der Waals surface area contributed by atoms with Crippen LogP contribution in [0.15, 0.2) is 18.4 Å². The van der Waals surface area contributed by atoms with E-state index in [-0.39, 0.29) is 0 Å². The SMILES string of the molecule is C=C=CC(C)(C)C(N)C(=O)O. The quantitative estimate of drug-likeness (QED) is 0.591. The van der Waals surface area contributed by atoms with Gasteiger partial charge >= 0.3 is 5.97 Å². The van der Waals surface area contributed by atoms with E-state index in [9.17, 15) is 4.79 Å². The van der Waals surface area contributed by atoms with Gasteiger partial charge in [-0.3, -0.25) is 4.79 Å². The van der Waals surface area contributed by atoms with E-state index in [0.717, 1.165) is 0 Å². The van der Waals surface area contributed by atoms with Gasteiger partial charge in [0.15, 0.2) is 0 Å². The predicted octanol–water partition coefficient (Wildman–Crippen LogP) is 0.766. The fraction of sp³-hybridized carbons (Fsp3) is 0.500. The number of hydrogen-bond acceptors (Lipinski definition) is 2. The molecule has 0 saturated carbocycles. The Morgan fingerprint density at radius 2 is 2.27 bits per heavy atom. The zero-order valence-corrected chi connectivity index (χ0v) is 6.79. The van der Waals surface area contributed by atoms with Crippen LogP contribution in [0.1, 0.15) is 13.8 Å². The van der Waals surface area contributed by atoms with Crippen molar-refractivity contribution < 1.29 is 9.90 Å². The first-order valence-corrected chi connectivity index (χ1v) is 3.27. The molecule has 0 aromatic heterocycles. The lowest BCUT2D eigenvalue weighted by Crippen LogP contribution is -2.42. The van der Waals surface area contributed by atoms with Crippen molar-refractivity contribution in [3.63, 3.8) is 0 Å². The Morgan fingerprint density at radius 3 is 2.55 bits per heavy atom. The molecule has 0 aliphatic heterocycles. The first kappa shape index (κ1) is 9.95. The Kier molecular flexibility index (Phi) is 3.05. The van der Waals surface area contributed by atoms with Gasteiger partial charge in [-0.15, -0.1) is 5.73 Å². The maximum atomic E-state index is 10.4. The van der Waals surface area contributed by atoms with Gasteiger partial charge in [-0.2, -0.15) is 0 Å². The maximum absolute atomic E-state index is 10.4. The highest BCUT2D eigenvalue weighted by Gasteiger charge is 2.29. The summed E-state index contributed by atoms with van der Waals surface area (Å²) in [6.45, 7) is 6.81. The van der Waals surface area contributed by atoms with E-state index in [2.05, 4.69) is 12.3 Å². The molecule has 62 valence electrons. The molecule has 0 aliphatic carbocycles. The van der Waals surface area contributed by atoms with Crippen LogP contribution in [0.4, 0.5) is 0 Å². The van der Waals surface area contributed by atoms with Gasteiger partial charge in [0.1, 0.15) is 6.04 Å². The molecule has 1 unspecified atom stereocenters. The molecule has 0 fully saturated rings. The third-order valence-electron chi connectivity index (χ3n) is 1.54. The summed E-state index contributed by atoms with van der Waals surface area (Å²) in [5, 5.41) is 8.55. The molecule has 0 aromatic rings. The van der Waals surface area contributed by atoms with Gasteiger partial charge in [-0.25, -0.2) is 0 Å². The highest BCUT2D eigenvalue weighted by Crippen LogP contribution is 2.20. The Balaban J connectivity index is 4.54. The fourth-order valence-electron chi connectivity index (χ4n) is 0.671. The third-order valence-corrected chi connectivity index (χ3v) is 1.54. The first-order chi connectivity index (χ1) is 4.91. The second-order valence-corrected chi connectivity index (χ2v) is 2.99. The summed E-state index contributed by atoms with van der Waals surface area (Å²) in [5.41, 5.74) is 7.32. The van der Waals surface area contributed by atoms with Crippen molar-refractivity contribution in [2.75, 3.05) is 0 Å². The van der Waals surface area contributed by atoms with Gasteiger partial charge in [-0.1, -0.05) is 20.4 Å². The minimum absolute atomic E-state index is 0.590.